The van der Waals surface area contributed by atoms with Gasteiger partial charge in [-0.1, -0.05) is 26.7 Å². The standard InChI is InChI=1S/C16H18O6.2Na/c1-5-10-6-13(22-9-15(19)20)11(16(2,3)4)7-12(10)21-8-14(17)18;;/h1,6-7H,8-9H2,2-4H3,(H,17,18)(H,19,20);;/q;2*+1/p-2. The van der Waals surface area contributed by atoms with Gasteiger partial charge in [0.2, 0.25) is 0 Å². The van der Waals surface area contributed by atoms with Crippen LogP contribution in [-0.4, -0.2) is 25.2 Å². The van der Waals surface area contributed by atoms with Crippen LogP contribution < -0.4 is 78.8 Å². The zero-order valence-corrected chi connectivity index (χ0v) is 18.6. The van der Waals surface area contributed by atoms with E-state index in [1.54, 1.807) is 6.07 Å². The number of hydrogen-bond acceptors (Lipinski definition) is 6. The topological polar surface area (TPSA) is 98.7 Å². The smallest absolute Gasteiger partial charge is 0.546 e. The Balaban J connectivity index is 0. The second kappa shape index (κ2) is 11.0. The van der Waals surface area contributed by atoms with Crippen LogP contribution in [0, 0.1) is 12.3 Å². The van der Waals surface area contributed by atoms with Crippen molar-refractivity contribution in [2.45, 2.75) is 26.2 Å². The van der Waals surface area contributed by atoms with Gasteiger partial charge in [0.05, 0.1) is 17.5 Å². The summed E-state index contributed by atoms with van der Waals surface area (Å²) in [4.78, 5) is 21.1. The Morgan fingerprint density at radius 2 is 1.50 bits per heavy atom. The molecule has 6 nitrogen and oxygen atoms in total. The molecule has 1 rings (SSSR count). The molecule has 0 aliphatic heterocycles. The summed E-state index contributed by atoms with van der Waals surface area (Å²) in [6.07, 6.45) is 5.36. The monoisotopic (exact) mass is 350 g/mol. The molecule has 0 aliphatic carbocycles. The van der Waals surface area contributed by atoms with Crippen molar-refractivity contribution < 1.29 is 88.4 Å². The number of carboxylic acids is 2. The van der Waals surface area contributed by atoms with Crippen molar-refractivity contribution in [2.24, 2.45) is 0 Å². The maximum atomic E-state index is 10.6. The van der Waals surface area contributed by atoms with Crippen molar-refractivity contribution in [3.8, 4) is 23.8 Å². The number of carboxylic acid groups (broad SMARTS) is 2. The number of carbonyl (C=O) groups is 2. The Hall–Kier alpha value is -0.680. The summed E-state index contributed by atoms with van der Waals surface area (Å²) in [7, 11) is 0. The van der Waals surface area contributed by atoms with E-state index in [-0.39, 0.29) is 76.2 Å². The summed E-state index contributed by atoms with van der Waals surface area (Å²) < 4.78 is 10.3. The molecule has 0 N–H and O–H groups in total. The minimum Gasteiger partial charge on any atom is -0.546 e. The molecule has 1 aromatic rings. The van der Waals surface area contributed by atoms with Gasteiger partial charge in [-0.3, -0.25) is 0 Å². The van der Waals surface area contributed by atoms with Crippen LogP contribution in [0.5, 0.6) is 11.5 Å². The summed E-state index contributed by atoms with van der Waals surface area (Å²) >= 11 is 0. The molecule has 0 aliphatic rings. The zero-order valence-electron chi connectivity index (χ0n) is 14.6. The van der Waals surface area contributed by atoms with E-state index in [2.05, 4.69) is 5.92 Å². The average molecular weight is 350 g/mol. The van der Waals surface area contributed by atoms with E-state index in [4.69, 9.17) is 15.9 Å². The van der Waals surface area contributed by atoms with Gasteiger partial charge in [0, 0.05) is 5.56 Å². The maximum Gasteiger partial charge on any atom is 1.00 e. The molecule has 0 heterocycles. The van der Waals surface area contributed by atoms with Gasteiger partial charge in [-0.2, -0.15) is 0 Å². The Morgan fingerprint density at radius 1 is 1.04 bits per heavy atom. The molecule has 0 saturated heterocycles. The number of aliphatic carboxylic acids is 2. The third kappa shape index (κ3) is 7.93. The average Bonchev–Trinajstić information content (AvgIpc) is 2.41. The molecule has 0 amide bonds. The summed E-state index contributed by atoms with van der Waals surface area (Å²) in [6, 6.07) is 2.98. The number of terminal acetylenes is 1. The van der Waals surface area contributed by atoms with Crippen LogP contribution >= 0.6 is 0 Å². The van der Waals surface area contributed by atoms with Crippen molar-refractivity contribution in [3.63, 3.8) is 0 Å². The molecule has 0 bridgehead atoms. The van der Waals surface area contributed by atoms with Gasteiger partial charge < -0.3 is 29.3 Å². The molecule has 24 heavy (non-hydrogen) atoms. The van der Waals surface area contributed by atoms with Gasteiger partial charge in [0.1, 0.15) is 24.7 Å². The first-order chi connectivity index (χ1) is 10.1. The van der Waals surface area contributed by atoms with E-state index in [0.29, 0.717) is 5.56 Å². The number of ether oxygens (including phenoxy) is 2. The van der Waals surface area contributed by atoms with Gasteiger partial charge in [-0.25, -0.2) is 0 Å². The summed E-state index contributed by atoms with van der Waals surface area (Å²) in [5.41, 5.74) is 0.470. The number of hydrogen-bond donors (Lipinski definition) is 0. The van der Waals surface area contributed by atoms with Gasteiger partial charge in [0.25, 0.3) is 0 Å². The number of carbonyl (C=O) groups excluding carboxylic acids is 2. The van der Waals surface area contributed by atoms with Crippen molar-refractivity contribution >= 4 is 11.9 Å². The second-order valence-corrected chi connectivity index (χ2v) is 5.56. The molecular formula is C16H16Na2O6. The van der Waals surface area contributed by atoms with Gasteiger partial charge in [-0.05, 0) is 17.5 Å². The fraction of sp³-hybridized carbons (Fsp3) is 0.375. The summed E-state index contributed by atoms with van der Waals surface area (Å²) in [6.45, 7) is 4.38. The normalized spacial score (nSPS) is 9.75. The maximum absolute atomic E-state index is 10.6. The predicted octanol–water partition coefficient (Wildman–Crippen LogP) is -6.77. The Kier molecular flexibility index (Phi) is 11.8. The molecule has 8 heteroatoms. The predicted molar refractivity (Wildman–Crippen MR) is 74.1 cm³/mol. The number of rotatable bonds is 6. The Bertz CT molecular complexity index is 629. The molecule has 1 aromatic carbocycles. The van der Waals surface area contributed by atoms with Crippen LogP contribution in [0.15, 0.2) is 12.1 Å². The van der Waals surface area contributed by atoms with E-state index in [9.17, 15) is 19.8 Å². The molecule has 0 fully saturated rings. The van der Waals surface area contributed by atoms with Crippen LogP contribution in [0.2, 0.25) is 0 Å². The van der Waals surface area contributed by atoms with Gasteiger partial charge in [0.15, 0.2) is 0 Å². The quantitative estimate of drug-likeness (QED) is 0.374. The fourth-order valence-corrected chi connectivity index (χ4v) is 1.77. The molecule has 118 valence electrons. The fourth-order valence-electron chi connectivity index (χ4n) is 1.77. The minimum atomic E-state index is -1.38. The first-order valence-electron chi connectivity index (χ1n) is 6.45. The first kappa shape index (κ1) is 25.6. The molecule has 0 saturated carbocycles. The third-order valence-electron chi connectivity index (χ3n) is 2.74. The van der Waals surface area contributed by atoms with Crippen LogP contribution in [-0.2, 0) is 15.0 Å². The van der Waals surface area contributed by atoms with E-state index < -0.39 is 30.6 Å². The molecule has 0 aromatic heterocycles. The first-order valence-corrected chi connectivity index (χ1v) is 6.45. The van der Waals surface area contributed by atoms with Crippen LogP contribution in [0.3, 0.4) is 0 Å². The van der Waals surface area contributed by atoms with Gasteiger partial charge >= 0.3 is 59.1 Å². The Morgan fingerprint density at radius 3 is 1.88 bits per heavy atom. The summed E-state index contributed by atoms with van der Waals surface area (Å²) in [5.74, 6) is 0.0806. The molecule has 0 unspecified atom stereocenters. The molecule has 0 spiro atoms. The molecule has 0 atom stereocenters. The third-order valence-corrected chi connectivity index (χ3v) is 2.74. The van der Waals surface area contributed by atoms with Crippen molar-refractivity contribution in [1.82, 2.24) is 0 Å². The zero-order chi connectivity index (χ0) is 16.9. The molecule has 0 radical (unpaired) electrons. The second-order valence-electron chi connectivity index (χ2n) is 5.56. The van der Waals surface area contributed by atoms with E-state index in [1.807, 2.05) is 20.8 Å². The van der Waals surface area contributed by atoms with Crippen LogP contribution in [0.1, 0.15) is 31.9 Å². The van der Waals surface area contributed by atoms with Crippen molar-refractivity contribution in [2.75, 3.05) is 13.2 Å². The minimum absolute atomic E-state index is 0. The SMILES string of the molecule is C#Cc1cc(OCC(=O)[O-])c(C(C)(C)C)cc1OCC(=O)[O-].[Na+].[Na+]. The molecular weight excluding hydrogens is 334 g/mol. The van der Waals surface area contributed by atoms with Gasteiger partial charge in [-0.15, -0.1) is 6.42 Å². The van der Waals surface area contributed by atoms with E-state index >= 15 is 0 Å². The van der Waals surface area contributed by atoms with E-state index in [1.165, 1.54) is 6.07 Å². The van der Waals surface area contributed by atoms with E-state index in [0.717, 1.165) is 0 Å². The Labute approximate surface area is 185 Å². The largest absolute Gasteiger partial charge is 1.00 e. The van der Waals surface area contributed by atoms with Crippen LogP contribution in [0.25, 0.3) is 0 Å². The van der Waals surface area contributed by atoms with Crippen LogP contribution in [0.4, 0.5) is 0 Å². The van der Waals surface area contributed by atoms with Crippen molar-refractivity contribution in [3.05, 3.63) is 23.3 Å². The van der Waals surface area contributed by atoms with Crippen molar-refractivity contribution in [1.29, 1.82) is 0 Å². The number of benzene rings is 1. The summed E-state index contributed by atoms with van der Waals surface area (Å²) in [5, 5.41) is 21.1.